The molecule has 0 bridgehead atoms. The summed E-state index contributed by atoms with van der Waals surface area (Å²) in [6, 6.07) is 7.13. The Morgan fingerprint density at radius 3 is 2.48 bits per heavy atom. The maximum absolute atomic E-state index is 12.5. The molecule has 1 amide bonds. The number of aromatic amines is 1. The molecule has 27 heavy (non-hydrogen) atoms. The molecular weight excluding hydrogens is 350 g/mol. The van der Waals surface area contributed by atoms with Gasteiger partial charge in [-0.15, -0.1) is 0 Å². The van der Waals surface area contributed by atoms with Crippen LogP contribution in [-0.4, -0.2) is 53.3 Å². The van der Waals surface area contributed by atoms with Gasteiger partial charge < -0.3 is 19.1 Å². The number of amides is 1. The van der Waals surface area contributed by atoms with Gasteiger partial charge in [0, 0.05) is 24.2 Å². The number of hydrogen-bond acceptors (Lipinski definition) is 6. The van der Waals surface area contributed by atoms with E-state index in [1.54, 1.807) is 36.1 Å². The number of rotatable bonds is 7. The maximum Gasteiger partial charge on any atom is 0.359 e. The molecule has 1 aromatic heterocycles. The van der Waals surface area contributed by atoms with E-state index in [4.69, 9.17) is 14.2 Å². The number of H-pyrrole nitrogens is 1. The SMILES string of the molecule is CCOC(=O)c1n[nH]c2c1CN(C(=O)COc1ccc(OCC)cc1)CC2. The molecule has 0 fully saturated rings. The lowest BCUT2D eigenvalue weighted by Gasteiger charge is -2.27. The molecule has 0 atom stereocenters. The number of benzene rings is 1. The van der Waals surface area contributed by atoms with Crippen LogP contribution in [0.1, 0.15) is 35.6 Å². The van der Waals surface area contributed by atoms with Gasteiger partial charge in [-0.2, -0.15) is 5.10 Å². The van der Waals surface area contributed by atoms with Gasteiger partial charge in [0.05, 0.1) is 19.8 Å². The molecule has 1 aliphatic heterocycles. The average Bonchev–Trinajstić information content (AvgIpc) is 3.11. The molecule has 3 rings (SSSR count). The van der Waals surface area contributed by atoms with E-state index >= 15 is 0 Å². The summed E-state index contributed by atoms with van der Waals surface area (Å²) in [6.07, 6.45) is 0.608. The first-order chi connectivity index (χ1) is 13.1. The van der Waals surface area contributed by atoms with Crippen LogP contribution in [0.4, 0.5) is 0 Å². The molecule has 8 heteroatoms. The van der Waals surface area contributed by atoms with Crippen LogP contribution in [0, 0.1) is 0 Å². The summed E-state index contributed by atoms with van der Waals surface area (Å²) < 4.78 is 16.0. The van der Waals surface area contributed by atoms with Crippen LogP contribution >= 0.6 is 0 Å². The molecule has 0 radical (unpaired) electrons. The highest BCUT2D eigenvalue weighted by atomic mass is 16.5. The number of ether oxygens (including phenoxy) is 3. The molecule has 8 nitrogen and oxygen atoms in total. The third kappa shape index (κ3) is 4.39. The number of carbonyl (C=O) groups is 2. The van der Waals surface area contributed by atoms with Gasteiger partial charge in [-0.1, -0.05) is 0 Å². The van der Waals surface area contributed by atoms with Gasteiger partial charge in [0.15, 0.2) is 12.3 Å². The van der Waals surface area contributed by atoms with Gasteiger partial charge in [-0.3, -0.25) is 9.89 Å². The van der Waals surface area contributed by atoms with E-state index in [2.05, 4.69) is 10.2 Å². The number of aromatic nitrogens is 2. The summed E-state index contributed by atoms with van der Waals surface area (Å²) in [5.74, 6) is 0.728. The molecule has 0 saturated heterocycles. The largest absolute Gasteiger partial charge is 0.494 e. The van der Waals surface area contributed by atoms with E-state index in [0.29, 0.717) is 37.4 Å². The smallest absolute Gasteiger partial charge is 0.359 e. The molecule has 144 valence electrons. The van der Waals surface area contributed by atoms with Gasteiger partial charge in [0.2, 0.25) is 0 Å². The summed E-state index contributed by atoms with van der Waals surface area (Å²) in [4.78, 5) is 26.2. The number of nitrogens with one attached hydrogen (secondary N) is 1. The molecule has 0 unspecified atom stereocenters. The highest BCUT2D eigenvalue weighted by molar-refractivity contribution is 5.89. The van der Waals surface area contributed by atoms with E-state index in [1.807, 2.05) is 6.92 Å². The monoisotopic (exact) mass is 373 g/mol. The summed E-state index contributed by atoms with van der Waals surface area (Å²) in [7, 11) is 0. The van der Waals surface area contributed by atoms with Crippen LogP contribution in [0.25, 0.3) is 0 Å². The fourth-order valence-corrected chi connectivity index (χ4v) is 2.91. The van der Waals surface area contributed by atoms with Crippen LogP contribution in [0.2, 0.25) is 0 Å². The number of nitrogens with zero attached hydrogens (tertiary/aromatic N) is 2. The second-order valence-corrected chi connectivity index (χ2v) is 6.01. The van der Waals surface area contributed by atoms with E-state index in [9.17, 15) is 9.59 Å². The Kier molecular flexibility index (Phi) is 5.95. The van der Waals surface area contributed by atoms with Crippen LogP contribution in [0.3, 0.4) is 0 Å². The molecule has 0 spiro atoms. The third-order valence-corrected chi connectivity index (χ3v) is 4.25. The molecule has 2 aromatic rings. The number of hydrogen-bond donors (Lipinski definition) is 1. The van der Waals surface area contributed by atoms with Crippen molar-refractivity contribution < 1.29 is 23.8 Å². The second-order valence-electron chi connectivity index (χ2n) is 6.01. The van der Waals surface area contributed by atoms with Crippen molar-refractivity contribution in [2.24, 2.45) is 0 Å². The first-order valence-corrected chi connectivity index (χ1v) is 8.99. The summed E-state index contributed by atoms with van der Waals surface area (Å²) in [6.45, 7) is 5.31. The van der Waals surface area contributed by atoms with Crippen molar-refractivity contribution in [1.29, 1.82) is 0 Å². The molecule has 1 aliphatic rings. The Bertz CT molecular complexity index is 800. The number of carbonyl (C=O) groups excluding carboxylic acids is 2. The fraction of sp³-hybridized carbons (Fsp3) is 0.421. The van der Waals surface area contributed by atoms with Crippen molar-refractivity contribution in [2.75, 3.05) is 26.4 Å². The first kappa shape index (κ1) is 18.8. The zero-order chi connectivity index (χ0) is 19.2. The lowest BCUT2D eigenvalue weighted by Crippen LogP contribution is -2.39. The maximum atomic E-state index is 12.5. The van der Waals surface area contributed by atoms with E-state index in [0.717, 1.165) is 11.4 Å². The van der Waals surface area contributed by atoms with Gasteiger partial charge in [-0.25, -0.2) is 4.79 Å². The van der Waals surface area contributed by atoms with Crippen LogP contribution < -0.4 is 9.47 Å². The fourth-order valence-electron chi connectivity index (χ4n) is 2.91. The highest BCUT2D eigenvalue weighted by Crippen LogP contribution is 2.22. The predicted octanol–water partition coefficient (Wildman–Crippen LogP) is 1.95. The highest BCUT2D eigenvalue weighted by Gasteiger charge is 2.28. The first-order valence-electron chi connectivity index (χ1n) is 8.99. The zero-order valence-electron chi connectivity index (χ0n) is 15.5. The quantitative estimate of drug-likeness (QED) is 0.746. The minimum absolute atomic E-state index is 0.0735. The molecule has 1 N–H and O–H groups in total. The van der Waals surface area contributed by atoms with E-state index in [1.165, 1.54) is 0 Å². The molecule has 2 heterocycles. The minimum Gasteiger partial charge on any atom is -0.494 e. The van der Waals surface area contributed by atoms with Crippen LogP contribution in [0.15, 0.2) is 24.3 Å². The standard InChI is InChI=1S/C19H23N3O5/c1-3-25-13-5-7-14(8-6-13)27-12-17(23)22-10-9-16-15(11-22)18(21-20-16)19(24)26-4-2/h5-8H,3-4,9-12H2,1-2H3,(H,20,21). The van der Waals surface area contributed by atoms with Crippen molar-refractivity contribution in [3.05, 3.63) is 41.2 Å². The lowest BCUT2D eigenvalue weighted by atomic mass is 10.1. The van der Waals surface area contributed by atoms with Crippen molar-refractivity contribution in [2.45, 2.75) is 26.8 Å². The molecule has 1 aromatic carbocycles. The zero-order valence-corrected chi connectivity index (χ0v) is 15.5. The molecular formula is C19H23N3O5. The number of esters is 1. The predicted molar refractivity (Wildman–Crippen MR) is 96.8 cm³/mol. The number of fused-ring (bicyclic) bond motifs is 1. The lowest BCUT2D eigenvalue weighted by molar-refractivity contribution is -0.134. The molecule has 0 saturated carbocycles. The summed E-state index contributed by atoms with van der Waals surface area (Å²) >= 11 is 0. The normalized spacial score (nSPS) is 13.0. The van der Waals surface area contributed by atoms with Crippen molar-refractivity contribution in [3.8, 4) is 11.5 Å². The minimum atomic E-state index is -0.477. The third-order valence-electron chi connectivity index (χ3n) is 4.25. The molecule has 0 aliphatic carbocycles. The van der Waals surface area contributed by atoms with Gasteiger partial charge in [-0.05, 0) is 38.1 Å². The second kappa shape index (κ2) is 8.57. The summed E-state index contributed by atoms with van der Waals surface area (Å²) in [5.41, 5.74) is 1.83. The summed E-state index contributed by atoms with van der Waals surface area (Å²) in [5, 5.41) is 6.91. The van der Waals surface area contributed by atoms with E-state index < -0.39 is 5.97 Å². The van der Waals surface area contributed by atoms with E-state index in [-0.39, 0.29) is 24.8 Å². The Hall–Kier alpha value is -3.03. The van der Waals surface area contributed by atoms with Crippen LogP contribution in [0.5, 0.6) is 11.5 Å². The average molecular weight is 373 g/mol. The Balaban J connectivity index is 1.59. The van der Waals surface area contributed by atoms with Crippen molar-refractivity contribution in [3.63, 3.8) is 0 Å². The van der Waals surface area contributed by atoms with Gasteiger partial charge in [0.25, 0.3) is 5.91 Å². The van der Waals surface area contributed by atoms with Gasteiger partial charge in [0.1, 0.15) is 11.5 Å². The Labute approximate surface area is 157 Å². The van der Waals surface area contributed by atoms with Crippen molar-refractivity contribution in [1.82, 2.24) is 15.1 Å². The van der Waals surface area contributed by atoms with Gasteiger partial charge >= 0.3 is 5.97 Å². The topological polar surface area (TPSA) is 93.8 Å². The Morgan fingerprint density at radius 1 is 1.11 bits per heavy atom. The van der Waals surface area contributed by atoms with Crippen molar-refractivity contribution >= 4 is 11.9 Å². The Morgan fingerprint density at radius 2 is 1.81 bits per heavy atom. The van der Waals surface area contributed by atoms with Crippen LogP contribution in [-0.2, 0) is 22.5 Å².